The number of carbonyl (C=O) groups excluding carboxylic acids is 1. The van der Waals surface area contributed by atoms with Crippen LogP contribution in [-0.4, -0.2) is 31.7 Å². The summed E-state index contributed by atoms with van der Waals surface area (Å²) in [4.78, 5) is 12.3. The molecular formula is C15H21ClN2O2. The molecule has 2 N–H and O–H groups in total. The standard InChI is InChI=1S/C15H21ClN2O2/c1-3-17-14-5-4-12(16)8-13(14)15(19)18-9-11-6-7-20-10(11)2/h4-5,8,10-11,17H,3,6-7,9H2,1-2H3,(H,18,19). The first-order valence-electron chi connectivity index (χ1n) is 7.05. The highest BCUT2D eigenvalue weighted by molar-refractivity contribution is 6.31. The van der Waals surface area contributed by atoms with Crippen LogP contribution in [0.25, 0.3) is 0 Å². The molecule has 2 unspecified atom stereocenters. The van der Waals surface area contributed by atoms with Gasteiger partial charge in [0.25, 0.3) is 5.91 Å². The minimum absolute atomic E-state index is 0.0949. The topological polar surface area (TPSA) is 50.4 Å². The maximum atomic E-state index is 12.3. The van der Waals surface area contributed by atoms with Crippen LogP contribution in [0.15, 0.2) is 18.2 Å². The predicted octanol–water partition coefficient (Wildman–Crippen LogP) is 2.93. The van der Waals surface area contributed by atoms with Crippen molar-refractivity contribution in [2.75, 3.05) is 25.0 Å². The summed E-state index contributed by atoms with van der Waals surface area (Å²) in [6.45, 7) is 6.22. The van der Waals surface area contributed by atoms with Gasteiger partial charge in [-0.3, -0.25) is 4.79 Å². The highest BCUT2D eigenvalue weighted by atomic mass is 35.5. The van der Waals surface area contributed by atoms with Crippen LogP contribution in [0.5, 0.6) is 0 Å². The molecule has 4 nitrogen and oxygen atoms in total. The zero-order valence-electron chi connectivity index (χ0n) is 11.9. The molecular weight excluding hydrogens is 276 g/mol. The molecule has 0 aliphatic carbocycles. The maximum absolute atomic E-state index is 12.3. The summed E-state index contributed by atoms with van der Waals surface area (Å²) >= 11 is 5.98. The van der Waals surface area contributed by atoms with Crippen LogP contribution in [0.2, 0.25) is 5.02 Å². The second-order valence-corrected chi connectivity index (χ2v) is 5.49. The molecule has 1 aliphatic rings. The first-order valence-corrected chi connectivity index (χ1v) is 7.42. The molecule has 2 atom stereocenters. The van der Waals surface area contributed by atoms with E-state index < -0.39 is 0 Å². The van der Waals surface area contributed by atoms with E-state index in [-0.39, 0.29) is 12.0 Å². The highest BCUT2D eigenvalue weighted by Gasteiger charge is 2.24. The van der Waals surface area contributed by atoms with E-state index in [1.807, 2.05) is 19.9 Å². The average Bonchev–Trinajstić information content (AvgIpc) is 2.84. The fraction of sp³-hybridized carbons (Fsp3) is 0.533. The van der Waals surface area contributed by atoms with E-state index in [2.05, 4.69) is 10.6 Å². The molecule has 0 radical (unpaired) electrons. The van der Waals surface area contributed by atoms with Crippen LogP contribution in [0.3, 0.4) is 0 Å². The van der Waals surface area contributed by atoms with Crippen LogP contribution in [-0.2, 0) is 4.74 Å². The van der Waals surface area contributed by atoms with Crippen LogP contribution in [0, 0.1) is 5.92 Å². The van der Waals surface area contributed by atoms with E-state index in [9.17, 15) is 4.79 Å². The fourth-order valence-electron chi connectivity index (χ4n) is 2.41. The number of benzene rings is 1. The SMILES string of the molecule is CCNc1ccc(Cl)cc1C(=O)NCC1CCOC1C. The van der Waals surface area contributed by atoms with Gasteiger partial charge in [-0.1, -0.05) is 11.6 Å². The Morgan fingerprint density at radius 2 is 2.30 bits per heavy atom. The molecule has 1 amide bonds. The van der Waals surface area contributed by atoms with Gasteiger partial charge in [0.2, 0.25) is 0 Å². The van der Waals surface area contributed by atoms with Gasteiger partial charge in [-0.2, -0.15) is 0 Å². The lowest BCUT2D eigenvalue weighted by Gasteiger charge is -2.16. The summed E-state index contributed by atoms with van der Waals surface area (Å²) in [7, 11) is 0. The van der Waals surface area contributed by atoms with Gasteiger partial charge in [-0.05, 0) is 38.5 Å². The van der Waals surface area contributed by atoms with Gasteiger partial charge in [-0.25, -0.2) is 0 Å². The van der Waals surface area contributed by atoms with E-state index in [0.717, 1.165) is 25.3 Å². The molecule has 1 aromatic rings. The highest BCUT2D eigenvalue weighted by Crippen LogP contribution is 2.22. The Balaban J connectivity index is 2.02. The summed E-state index contributed by atoms with van der Waals surface area (Å²) in [6, 6.07) is 5.31. The quantitative estimate of drug-likeness (QED) is 0.878. The van der Waals surface area contributed by atoms with Crippen molar-refractivity contribution in [3.63, 3.8) is 0 Å². The second-order valence-electron chi connectivity index (χ2n) is 5.05. The summed E-state index contributed by atoms with van der Waals surface area (Å²) in [6.07, 6.45) is 1.21. The van der Waals surface area contributed by atoms with Gasteiger partial charge in [0.1, 0.15) is 0 Å². The molecule has 1 aliphatic heterocycles. The fourth-order valence-corrected chi connectivity index (χ4v) is 2.58. The lowest BCUT2D eigenvalue weighted by atomic mass is 10.0. The molecule has 1 saturated heterocycles. The van der Waals surface area contributed by atoms with Gasteiger partial charge in [0, 0.05) is 36.3 Å². The molecule has 0 spiro atoms. The summed E-state index contributed by atoms with van der Waals surface area (Å²) in [5.74, 6) is 0.295. The van der Waals surface area contributed by atoms with Crippen LogP contribution in [0.1, 0.15) is 30.6 Å². The van der Waals surface area contributed by atoms with Crippen molar-refractivity contribution >= 4 is 23.2 Å². The van der Waals surface area contributed by atoms with Crippen LogP contribution < -0.4 is 10.6 Å². The summed E-state index contributed by atoms with van der Waals surface area (Å²) in [5.41, 5.74) is 1.40. The third-order valence-corrected chi connectivity index (χ3v) is 3.89. The Labute approximate surface area is 124 Å². The molecule has 1 fully saturated rings. The van der Waals surface area contributed by atoms with Crippen molar-refractivity contribution in [2.24, 2.45) is 5.92 Å². The third-order valence-electron chi connectivity index (χ3n) is 3.65. The van der Waals surface area contributed by atoms with E-state index >= 15 is 0 Å². The zero-order valence-corrected chi connectivity index (χ0v) is 12.7. The van der Waals surface area contributed by atoms with Gasteiger partial charge in [-0.15, -0.1) is 0 Å². The zero-order chi connectivity index (χ0) is 14.5. The molecule has 110 valence electrons. The third kappa shape index (κ3) is 3.64. The number of hydrogen-bond donors (Lipinski definition) is 2. The van der Waals surface area contributed by atoms with Gasteiger partial charge in [0.05, 0.1) is 11.7 Å². The normalized spacial score (nSPS) is 21.8. The molecule has 20 heavy (non-hydrogen) atoms. The Morgan fingerprint density at radius 3 is 2.95 bits per heavy atom. The molecule has 5 heteroatoms. The summed E-state index contributed by atoms with van der Waals surface area (Å²) in [5, 5.41) is 6.72. The average molecular weight is 297 g/mol. The van der Waals surface area contributed by atoms with E-state index in [0.29, 0.717) is 23.0 Å². The predicted molar refractivity (Wildman–Crippen MR) is 81.5 cm³/mol. The van der Waals surface area contributed by atoms with Crippen molar-refractivity contribution in [3.05, 3.63) is 28.8 Å². The van der Waals surface area contributed by atoms with Crippen LogP contribution >= 0.6 is 11.6 Å². The monoisotopic (exact) mass is 296 g/mol. The van der Waals surface area contributed by atoms with Crippen molar-refractivity contribution < 1.29 is 9.53 Å². The molecule has 0 bridgehead atoms. The number of amides is 1. The second kappa shape index (κ2) is 6.95. The largest absolute Gasteiger partial charge is 0.385 e. The minimum Gasteiger partial charge on any atom is -0.385 e. The van der Waals surface area contributed by atoms with Crippen molar-refractivity contribution in [1.29, 1.82) is 0 Å². The molecule has 1 aromatic carbocycles. The lowest BCUT2D eigenvalue weighted by Crippen LogP contribution is -2.32. The Morgan fingerprint density at radius 1 is 1.50 bits per heavy atom. The first-order chi connectivity index (χ1) is 9.61. The maximum Gasteiger partial charge on any atom is 0.253 e. The number of carbonyl (C=O) groups is 1. The Hall–Kier alpha value is -1.26. The first kappa shape index (κ1) is 15.1. The number of halogens is 1. The smallest absolute Gasteiger partial charge is 0.253 e. The Kier molecular flexibility index (Phi) is 5.26. The van der Waals surface area contributed by atoms with Crippen molar-refractivity contribution in [3.8, 4) is 0 Å². The van der Waals surface area contributed by atoms with E-state index in [1.54, 1.807) is 12.1 Å². The van der Waals surface area contributed by atoms with E-state index in [4.69, 9.17) is 16.3 Å². The molecule has 0 aromatic heterocycles. The lowest BCUT2D eigenvalue weighted by molar-refractivity contribution is 0.0908. The number of ether oxygens (including phenoxy) is 1. The molecule has 0 saturated carbocycles. The van der Waals surface area contributed by atoms with Crippen LogP contribution in [0.4, 0.5) is 5.69 Å². The Bertz CT molecular complexity index is 479. The molecule has 2 rings (SSSR count). The van der Waals surface area contributed by atoms with E-state index in [1.165, 1.54) is 0 Å². The summed E-state index contributed by atoms with van der Waals surface area (Å²) < 4.78 is 5.50. The number of rotatable bonds is 5. The number of nitrogens with one attached hydrogen (secondary N) is 2. The molecule has 1 heterocycles. The van der Waals surface area contributed by atoms with Gasteiger partial charge in [0.15, 0.2) is 0 Å². The minimum atomic E-state index is -0.0949. The van der Waals surface area contributed by atoms with Crippen molar-refractivity contribution in [1.82, 2.24) is 5.32 Å². The van der Waals surface area contributed by atoms with Gasteiger partial charge >= 0.3 is 0 Å². The van der Waals surface area contributed by atoms with Crippen molar-refractivity contribution in [2.45, 2.75) is 26.4 Å². The number of anilines is 1. The van der Waals surface area contributed by atoms with Gasteiger partial charge < -0.3 is 15.4 Å². The number of hydrogen-bond acceptors (Lipinski definition) is 3.